The minimum Gasteiger partial charge on any atom is -0.368 e. The number of primary amides is 1. The third-order valence-corrected chi connectivity index (χ3v) is 1.89. The molecule has 1 aromatic heterocycles. The van der Waals surface area contributed by atoms with Gasteiger partial charge >= 0.3 is 0 Å². The van der Waals surface area contributed by atoms with Gasteiger partial charge in [0.05, 0.1) is 0 Å². The third-order valence-electron chi connectivity index (χ3n) is 1.69. The van der Waals surface area contributed by atoms with Gasteiger partial charge in [0.15, 0.2) is 5.15 Å². The lowest BCUT2D eigenvalue weighted by atomic mass is 10.1. The molecule has 14 heavy (non-hydrogen) atoms. The zero-order valence-electron chi connectivity index (χ0n) is 7.91. The Kier molecular flexibility index (Phi) is 2.90. The van der Waals surface area contributed by atoms with Gasteiger partial charge in [-0.2, -0.15) is 0 Å². The number of rotatable bonds is 3. The summed E-state index contributed by atoms with van der Waals surface area (Å²) in [5.41, 5.74) is 4.31. The number of carbonyl (C=O) groups excluding carboxylic acids is 1. The lowest BCUT2D eigenvalue weighted by Gasteiger charge is -2.22. The molecule has 0 aliphatic heterocycles. The Morgan fingerprint density at radius 2 is 2.14 bits per heavy atom. The van der Waals surface area contributed by atoms with Gasteiger partial charge in [0.2, 0.25) is 5.91 Å². The summed E-state index contributed by atoms with van der Waals surface area (Å²) in [6.07, 6.45) is 0. The van der Waals surface area contributed by atoms with Crippen LogP contribution in [-0.4, -0.2) is 21.6 Å². The Labute approximate surface area is 86.7 Å². The summed E-state index contributed by atoms with van der Waals surface area (Å²) in [7, 11) is 0. The first-order valence-electron chi connectivity index (χ1n) is 3.99. The van der Waals surface area contributed by atoms with E-state index in [-0.39, 0.29) is 0 Å². The van der Waals surface area contributed by atoms with Crippen LogP contribution in [0.3, 0.4) is 0 Å². The fourth-order valence-corrected chi connectivity index (χ4v) is 0.865. The molecule has 0 radical (unpaired) electrons. The van der Waals surface area contributed by atoms with Gasteiger partial charge in [-0.25, -0.2) is 0 Å². The third kappa shape index (κ3) is 2.56. The van der Waals surface area contributed by atoms with E-state index >= 15 is 0 Å². The summed E-state index contributed by atoms with van der Waals surface area (Å²) < 4.78 is 0. The van der Waals surface area contributed by atoms with Gasteiger partial charge in [-0.05, 0) is 26.0 Å². The minimum atomic E-state index is -0.859. The van der Waals surface area contributed by atoms with Gasteiger partial charge in [-0.15, -0.1) is 10.2 Å². The van der Waals surface area contributed by atoms with Crippen LogP contribution in [0, 0.1) is 0 Å². The molecular formula is C8H11ClN4O. The van der Waals surface area contributed by atoms with Crippen molar-refractivity contribution in [1.29, 1.82) is 0 Å². The van der Waals surface area contributed by atoms with Crippen molar-refractivity contribution in [3.63, 3.8) is 0 Å². The van der Waals surface area contributed by atoms with E-state index in [1.807, 2.05) is 0 Å². The molecule has 0 aliphatic rings. The number of nitrogens with zero attached hydrogens (tertiary/aromatic N) is 2. The molecule has 76 valence electrons. The van der Waals surface area contributed by atoms with E-state index in [1.54, 1.807) is 26.0 Å². The Balaban J connectivity index is 2.79. The van der Waals surface area contributed by atoms with Gasteiger partial charge in [0.1, 0.15) is 11.4 Å². The average Bonchev–Trinajstić information content (AvgIpc) is 2.08. The van der Waals surface area contributed by atoms with Gasteiger partial charge in [-0.1, -0.05) is 11.6 Å². The molecule has 5 nitrogen and oxygen atoms in total. The predicted molar refractivity (Wildman–Crippen MR) is 53.9 cm³/mol. The van der Waals surface area contributed by atoms with Crippen LogP contribution in [0.25, 0.3) is 0 Å². The molecule has 0 saturated heterocycles. The van der Waals surface area contributed by atoms with E-state index in [4.69, 9.17) is 17.3 Å². The van der Waals surface area contributed by atoms with Crippen molar-refractivity contribution in [2.24, 2.45) is 5.73 Å². The highest BCUT2D eigenvalue weighted by Crippen LogP contribution is 2.12. The first-order chi connectivity index (χ1) is 6.42. The predicted octanol–water partition coefficient (Wildman–Crippen LogP) is 0.806. The smallest absolute Gasteiger partial charge is 0.242 e. The molecule has 0 unspecified atom stereocenters. The van der Waals surface area contributed by atoms with E-state index in [0.29, 0.717) is 11.0 Å². The number of anilines is 1. The highest BCUT2D eigenvalue weighted by molar-refractivity contribution is 6.29. The van der Waals surface area contributed by atoms with E-state index in [0.717, 1.165) is 0 Å². The molecule has 0 aliphatic carbocycles. The molecule has 1 aromatic rings. The lowest BCUT2D eigenvalue weighted by molar-refractivity contribution is -0.121. The average molecular weight is 215 g/mol. The summed E-state index contributed by atoms with van der Waals surface area (Å²) in [5.74, 6) is -0.00699. The molecule has 0 aromatic carbocycles. The second-order valence-corrected chi connectivity index (χ2v) is 3.74. The number of hydrogen-bond donors (Lipinski definition) is 2. The largest absolute Gasteiger partial charge is 0.368 e. The summed E-state index contributed by atoms with van der Waals surface area (Å²) in [4.78, 5) is 11.0. The molecular weight excluding hydrogens is 204 g/mol. The quantitative estimate of drug-likeness (QED) is 0.780. The maximum Gasteiger partial charge on any atom is 0.242 e. The number of halogens is 1. The molecule has 0 saturated carbocycles. The second kappa shape index (κ2) is 3.79. The van der Waals surface area contributed by atoms with E-state index < -0.39 is 11.4 Å². The molecule has 0 spiro atoms. The molecule has 3 N–H and O–H groups in total. The molecule has 0 bridgehead atoms. The fraction of sp³-hybridized carbons (Fsp3) is 0.375. The van der Waals surface area contributed by atoms with Gasteiger partial charge in [0.25, 0.3) is 0 Å². The molecule has 1 heterocycles. The molecule has 1 amide bonds. The number of nitrogens with two attached hydrogens (primary N) is 1. The Morgan fingerprint density at radius 3 is 2.57 bits per heavy atom. The molecule has 0 atom stereocenters. The van der Waals surface area contributed by atoms with Crippen LogP contribution in [0.2, 0.25) is 5.15 Å². The van der Waals surface area contributed by atoms with Gasteiger partial charge in [-0.3, -0.25) is 4.79 Å². The van der Waals surface area contributed by atoms with Crippen LogP contribution < -0.4 is 11.1 Å². The van der Waals surface area contributed by atoms with Crippen molar-refractivity contribution in [3.05, 3.63) is 17.3 Å². The molecule has 0 fully saturated rings. The van der Waals surface area contributed by atoms with Crippen LogP contribution in [0.15, 0.2) is 12.1 Å². The fourth-order valence-electron chi connectivity index (χ4n) is 0.764. The maximum absolute atomic E-state index is 11.0. The van der Waals surface area contributed by atoms with Crippen molar-refractivity contribution >= 4 is 23.3 Å². The Hall–Kier alpha value is -1.36. The van der Waals surface area contributed by atoms with Crippen molar-refractivity contribution < 1.29 is 4.79 Å². The Bertz CT molecular complexity index is 336. The normalized spacial score (nSPS) is 11.1. The van der Waals surface area contributed by atoms with Crippen LogP contribution in [0.5, 0.6) is 0 Å². The number of nitrogens with one attached hydrogen (secondary N) is 1. The van der Waals surface area contributed by atoms with Crippen LogP contribution in [-0.2, 0) is 4.79 Å². The minimum absolute atomic E-state index is 0.299. The molecule has 6 heteroatoms. The summed E-state index contributed by atoms with van der Waals surface area (Å²) >= 11 is 5.55. The van der Waals surface area contributed by atoms with E-state index in [2.05, 4.69) is 15.5 Å². The zero-order valence-corrected chi connectivity index (χ0v) is 8.67. The standard InChI is InChI=1S/C8H11ClN4O/c1-8(2,7(10)14)11-6-4-3-5(9)12-13-6/h3-4H,1-2H3,(H2,10,14)(H,11,13). The number of carbonyl (C=O) groups is 1. The van der Waals surface area contributed by atoms with Crippen molar-refractivity contribution in [3.8, 4) is 0 Å². The number of amides is 1. The number of hydrogen-bond acceptors (Lipinski definition) is 4. The Morgan fingerprint density at radius 1 is 1.50 bits per heavy atom. The maximum atomic E-state index is 11.0. The lowest BCUT2D eigenvalue weighted by Crippen LogP contribution is -2.45. The first-order valence-corrected chi connectivity index (χ1v) is 4.37. The van der Waals surface area contributed by atoms with Gasteiger partial charge in [0, 0.05) is 0 Å². The second-order valence-electron chi connectivity index (χ2n) is 3.36. The van der Waals surface area contributed by atoms with Crippen LogP contribution >= 0.6 is 11.6 Å². The first kappa shape index (κ1) is 10.7. The van der Waals surface area contributed by atoms with Crippen molar-refractivity contribution in [2.45, 2.75) is 19.4 Å². The van der Waals surface area contributed by atoms with Crippen molar-refractivity contribution in [2.75, 3.05) is 5.32 Å². The number of aromatic nitrogens is 2. The molecule has 1 rings (SSSR count). The van der Waals surface area contributed by atoms with Gasteiger partial charge < -0.3 is 11.1 Å². The summed E-state index contributed by atoms with van der Waals surface area (Å²) in [5, 5.41) is 10.5. The highest BCUT2D eigenvalue weighted by Gasteiger charge is 2.24. The topological polar surface area (TPSA) is 80.9 Å². The monoisotopic (exact) mass is 214 g/mol. The SMILES string of the molecule is CC(C)(Nc1ccc(Cl)nn1)C(N)=O. The van der Waals surface area contributed by atoms with Crippen LogP contribution in [0.1, 0.15) is 13.8 Å². The van der Waals surface area contributed by atoms with Crippen molar-refractivity contribution in [1.82, 2.24) is 10.2 Å². The summed E-state index contributed by atoms with van der Waals surface area (Å²) in [6, 6.07) is 3.20. The summed E-state index contributed by atoms with van der Waals surface area (Å²) in [6.45, 7) is 3.32. The van der Waals surface area contributed by atoms with E-state index in [9.17, 15) is 4.79 Å². The highest BCUT2D eigenvalue weighted by atomic mass is 35.5. The van der Waals surface area contributed by atoms with Crippen LogP contribution in [0.4, 0.5) is 5.82 Å². The van der Waals surface area contributed by atoms with E-state index in [1.165, 1.54) is 0 Å². The zero-order chi connectivity index (χ0) is 10.8.